The average molecular weight is 923 g/mol. The number of aliphatic carboxylic acids is 1. The Morgan fingerprint density at radius 2 is 0.938 bits per heavy atom. The van der Waals surface area contributed by atoms with Gasteiger partial charge in [0.25, 0.3) is 0 Å². The van der Waals surface area contributed by atoms with Crippen molar-refractivity contribution in [3.8, 4) is 17.2 Å². The fourth-order valence-corrected chi connectivity index (χ4v) is 6.98. The van der Waals surface area contributed by atoms with Crippen LogP contribution in [0.4, 0.5) is 0 Å². The number of phenolic OH excluding ortho intramolecular Hbond substituents is 3. The number of carboxylic acids is 1. The fraction of sp³-hybridized carbons (Fsp3) is 0.432. The molecule has 65 heavy (non-hydrogen) atoms. The number of thioether (sulfide) groups is 1. The Hall–Kier alpha value is -6.58. The van der Waals surface area contributed by atoms with Crippen LogP contribution >= 0.6 is 11.8 Å². The maximum Gasteiger partial charge on any atom is 0.326 e. The van der Waals surface area contributed by atoms with E-state index in [9.17, 15) is 49.2 Å². The number of carbonyl (C=O) groups is 6. The summed E-state index contributed by atoms with van der Waals surface area (Å²) in [5, 5.41) is 52.9. The summed E-state index contributed by atoms with van der Waals surface area (Å²) in [5.74, 6) is -4.98. The smallest absolute Gasteiger partial charge is 0.326 e. The normalized spacial score (nSPS) is 13.7. The van der Waals surface area contributed by atoms with Gasteiger partial charge in [0, 0.05) is 25.8 Å². The predicted octanol–water partition coefficient (Wildman–Crippen LogP) is -0.397. The monoisotopic (exact) mass is 922 g/mol. The van der Waals surface area contributed by atoms with Crippen LogP contribution in [0.25, 0.3) is 0 Å². The zero-order valence-corrected chi connectivity index (χ0v) is 37.1. The SMILES string of the molecule is CSCC[C@H](NC(=O)[C@H](Cc1ccc(O)cc1)NC(=O)[C@H](Cc1ccc(O)cc1)NC(=O)[C@H](Cc1ccc(O)cc1)NC(=O)[C@H](CCCCN)NC(=O)[C@@H](N)CCCN=C(N)N)C(=O)O. The van der Waals surface area contributed by atoms with Crippen molar-refractivity contribution in [1.29, 1.82) is 0 Å². The van der Waals surface area contributed by atoms with Gasteiger partial charge in [0.15, 0.2) is 5.96 Å². The Kier molecular flexibility index (Phi) is 22.4. The number of guanidine groups is 1. The number of phenols is 3. The summed E-state index contributed by atoms with van der Waals surface area (Å²) in [7, 11) is 0. The molecule has 354 valence electrons. The second kappa shape index (κ2) is 27.6. The second-order valence-corrected chi connectivity index (χ2v) is 16.4. The molecule has 3 aromatic carbocycles. The summed E-state index contributed by atoms with van der Waals surface area (Å²) in [6, 6.07) is 9.92. The third kappa shape index (κ3) is 19.4. The van der Waals surface area contributed by atoms with Crippen LogP contribution in [-0.2, 0) is 48.0 Å². The van der Waals surface area contributed by atoms with Crippen molar-refractivity contribution in [3.63, 3.8) is 0 Å². The van der Waals surface area contributed by atoms with Crippen LogP contribution in [0.5, 0.6) is 17.2 Å². The number of unbranched alkanes of at least 4 members (excludes halogenated alkanes) is 1. The molecule has 0 aliphatic heterocycles. The maximum absolute atomic E-state index is 14.5. The summed E-state index contributed by atoms with van der Waals surface area (Å²) in [5.41, 5.74) is 24.1. The molecule has 21 heteroatoms. The molecule has 0 heterocycles. The number of carbonyl (C=O) groups excluding carboxylic acids is 5. The van der Waals surface area contributed by atoms with Gasteiger partial charge in [-0.3, -0.25) is 29.0 Å². The molecular weight excluding hydrogens is 861 g/mol. The number of nitrogens with zero attached hydrogens (tertiary/aromatic N) is 1. The number of nitrogens with two attached hydrogens (primary N) is 4. The van der Waals surface area contributed by atoms with Crippen LogP contribution in [0.2, 0.25) is 0 Å². The van der Waals surface area contributed by atoms with E-state index < -0.39 is 71.8 Å². The lowest BCUT2D eigenvalue weighted by Crippen LogP contribution is -2.60. The Morgan fingerprint density at radius 1 is 0.554 bits per heavy atom. The predicted molar refractivity (Wildman–Crippen MR) is 247 cm³/mol. The number of nitrogens with one attached hydrogen (secondary N) is 5. The number of aliphatic imine (C=N–C) groups is 1. The molecule has 20 nitrogen and oxygen atoms in total. The van der Waals surface area contributed by atoms with Crippen molar-refractivity contribution in [2.24, 2.45) is 27.9 Å². The van der Waals surface area contributed by atoms with Crippen LogP contribution in [0.3, 0.4) is 0 Å². The van der Waals surface area contributed by atoms with E-state index in [2.05, 4.69) is 31.6 Å². The topological polar surface area (TPSA) is 360 Å². The molecule has 0 unspecified atom stereocenters. The summed E-state index contributed by atoms with van der Waals surface area (Å²) in [4.78, 5) is 85.9. The molecule has 3 aromatic rings. The van der Waals surface area contributed by atoms with Gasteiger partial charge in [-0.25, -0.2) is 4.79 Å². The lowest BCUT2D eigenvalue weighted by Gasteiger charge is -2.27. The van der Waals surface area contributed by atoms with Crippen molar-refractivity contribution >= 4 is 53.2 Å². The van der Waals surface area contributed by atoms with E-state index in [-0.39, 0.29) is 68.3 Å². The lowest BCUT2D eigenvalue weighted by atomic mass is 10.00. The van der Waals surface area contributed by atoms with Crippen molar-refractivity contribution in [2.45, 2.75) is 94.0 Å². The summed E-state index contributed by atoms with van der Waals surface area (Å²) in [6.07, 6.45) is 3.12. The van der Waals surface area contributed by atoms with Gasteiger partial charge in [0.2, 0.25) is 29.5 Å². The number of benzene rings is 3. The van der Waals surface area contributed by atoms with E-state index in [1.165, 1.54) is 72.4 Å². The van der Waals surface area contributed by atoms with Crippen LogP contribution in [0.15, 0.2) is 77.8 Å². The summed E-state index contributed by atoms with van der Waals surface area (Å²) >= 11 is 1.39. The Bertz CT molecular complexity index is 2040. The highest BCUT2D eigenvalue weighted by Gasteiger charge is 2.33. The van der Waals surface area contributed by atoms with Gasteiger partial charge in [-0.1, -0.05) is 36.4 Å². The first-order valence-electron chi connectivity index (χ1n) is 21.1. The van der Waals surface area contributed by atoms with Crippen LogP contribution in [-0.4, -0.2) is 123 Å². The molecule has 5 amide bonds. The molecule has 0 aliphatic rings. The van der Waals surface area contributed by atoms with E-state index in [1.54, 1.807) is 18.4 Å². The third-order valence-electron chi connectivity index (χ3n) is 10.1. The molecule has 17 N–H and O–H groups in total. The van der Waals surface area contributed by atoms with E-state index in [4.69, 9.17) is 22.9 Å². The van der Waals surface area contributed by atoms with Gasteiger partial charge < -0.3 is 69.9 Å². The van der Waals surface area contributed by atoms with Crippen LogP contribution in [0, 0.1) is 0 Å². The molecule has 0 spiro atoms. The Labute approximate surface area is 381 Å². The van der Waals surface area contributed by atoms with Gasteiger partial charge in [-0.2, -0.15) is 11.8 Å². The van der Waals surface area contributed by atoms with Gasteiger partial charge in [-0.15, -0.1) is 0 Å². The standard InChI is InChI=1S/C44H62N10O10S/c1-65-22-19-34(43(63)64)51-40(60)35(23-26-7-13-29(55)14-8-26)53-42(62)37(25-28-11-17-31(57)18-12-28)54-41(61)36(24-27-9-15-30(56)16-10-27)52-39(59)33(6-2-3-20-45)50-38(58)32(46)5-4-21-49-44(47)48/h7-18,32-37,55-57H,2-6,19-25,45-46H2,1H3,(H,50,58)(H,51,60)(H,52,59)(H,53,62)(H,54,61)(H,63,64)(H4,47,48,49)/t32-,33-,34-,35-,36-,37-/m0/s1. The number of rotatable bonds is 28. The quantitative estimate of drug-likeness (QED) is 0.0250. The summed E-state index contributed by atoms with van der Waals surface area (Å²) in [6.45, 7) is 0.553. The van der Waals surface area contributed by atoms with Crippen molar-refractivity contribution in [1.82, 2.24) is 26.6 Å². The number of amides is 5. The van der Waals surface area contributed by atoms with E-state index in [0.717, 1.165) is 0 Å². The molecule has 0 bridgehead atoms. The highest BCUT2D eigenvalue weighted by Crippen LogP contribution is 2.16. The molecule has 0 saturated carbocycles. The number of hydrogen-bond acceptors (Lipinski definition) is 13. The van der Waals surface area contributed by atoms with E-state index in [1.807, 2.05) is 0 Å². The molecule has 6 atom stereocenters. The first-order chi connectivity index (χ1) is 31.0. The second-order valence-electron chi connectivity index (χ2n) is 15.4. The minimum atomic E-state index is -1.43. The van der Waals surface area contributed by atoms with Gasteiger partial charge >= 0.3 is 5.97 Å². The van der Waals surface area contributed by atoms with Crippen molar-refractivity contribution < 1.29 is 49.2 Å². The first-order valence-corrected chi connectivity index (χ1v) is 22.5. The molecule has 0 fully saturated rings. The third-order valence-corrected chi connectivity index (χ3v) is 10.8. The molecule has 3 rings (SSSR count). The van der Waals surface area contributed by atoms with Gasteiger partial charge in [-0.05, 0) is 110 Å². The van der Waals surface area contributed by atoms with E-state index in [0.29, 0.717) is 48.3 Å². The zero-order chi connectivity index (χ0) is 47.9. The minimum Gasteiger partial charge on any atom is -0.508 e. The number of hydrogen-bond donors (Lipinski definition) is 13. The number of carboxylic acid groups (broad SMARTS) is 1. The molecule has 0 saturated heterocycles. The number of aromatic hydroxyl groups is 3. The van der Waals surface area contributed by atoms with E-state index >= 15 is 0 Å². The molecular formula is C44H62N10O10S. The first kappa shape index (κ1) is 52.8. The van der Waals surface area contributed by atoms with Crippen LogP contribution in [0.1, 0.15) is 55.2 Å². The lowest BCUT2D eigenvalue weighted by molar-refractivity contribution is -0.142. The van der Waals surface area contributed by atoms with Crippen molar-refractivity contribution in [3.05, 3.63) is 89.5 Å². The summed E-state index contributed by atoms with van der Waals surface area (Å²) < 4.78 is 0. The zero-order valence-electron chi connectivity index (χ0n) is 36.3. The van der Waals surface area contributed by atoms with Gasteiger partial charge in [0.1, 0.15) is 47.5 Å². The van der Waals surface area contributed by atoms with Gasteiger partial charge in [0.05, 0.1) is 6.04 Å². The average Bonchev–Trinajstić information content (AvgIpc) is 3.27. The minimum absolute atomic E-state index is 0.0451. The highest BCUT2D eigenvalue weighted by atomic mass is 32.2. The molecule has 0 radical (unpaired) electrons. The maximum atomic E-state index is 14.5. The Balaban J connectivity index is 1.98. The Morgan fingerprint density at radius 3 is 1.31 bits per heavy atom. The largest absolute Gasteiger partial charge is 0.508 e. The highest BCUT2D eigenvalue weighted by molar-refractivity contribution is 7.98. The fourth-order valence-electron chi connectivity index (χ4n) is 6.50. The van der Waals surface area contributed by atoms with Crippen molar-refractivity contribution in [2.75, 3.05) is 25.1 Å². The van der Waals surface area contributed by atoms with Crippen LogP contribution < -0.4 is 49.5 Å². The molecule has 0 aliphatic carbocycles. The molecule has 0 aromatic heterocycles.